The van der Waals surface area contributed by atoms with Crippen molar-refractivity contribution in [2.45, 2.75) is 20.3 Å². The van der Waals surface area contributed by atoms with Gasteiger partial charge in [0.1, 0.15) is 0 Å². The van der Waals surface area contributed by atoms with Gasteiger partial charge in [0, 0.05) is 0 Å². The Labute approximate surface area is 86.6 Å². The Balaban J connectivity index is 2.89. The van der Waals surface area contributed by atoms with Gasteiger partial charge in [0.15, 0.2) is 0 Å². The molecule has 0 radical (unpaired) electrons. The molecule has 0 aliphatic heterocycles. The monoisotopic (exact) mass is 189 g/mol. The number of hydrogen-bond acceptors (Lipinski definition) is 1. The number of rotatable bonds is 4. The predicted octanol–water partition coefficient (Wildman–Crippen LogP) is 3.07. The molecular weight excluding hydrogens is 170 g/mol. The van der Waals surface area contributed by atoms with Crippen LogP contribution in [-0.2, 0) is 0 Å². The molecule has 1 aromatic rings. The molecule has 0 bridgehead atoms. The Morgan fingerprint density at radius 1 is 1.29 bits per heavy atom. The first-order valence-corrected chi connectivity index (χ1v) is 5.21. The van der Waals surface area contributed by atoms with Crippen LogP contribution in [0.4, 0.5) is 0 Å². The first kappa shape index (κ1) is 11.0. The number of hydrogen-bond donors (Lipinski definition) is 1. The van der Waals surface area contributed by atoms with Gasteiger partial charge in [0.25, 0.3) is 0 Å². The van der Waals surface area contributed by atoms with Gasteiger partial charge in [0.05, 0.1) is 0 Å². The van der Waals surface area contributed by atoms with Crippen molar-refractivity contribution >= 4 is 5.57 Å². The molecule has 0 amide bonds. The summed E-state index contributed by atoms with van der Waals surface area (Å²) in [5.41, 5.74) is 8.23. The zero-order valence-electron chi connectivity index (χ0n) is 9.03. The van der Waals surface area contributed by atoms with Crippen LogP contribution in [0.25, 0.3) is 5.57 Å². The second-order valence-electron chi connectivity index (χ2n) is 3.76. The Hall–Kier alpha value is -1.08. The summed E-state index contributed by atoms with van der Waals surface area (Å²) in [4.78, 5) is 0. The third-order valence-corrected chi connectivity index (χ3v) is 2.26. The van der Waals surface area contributed by atoms with E-state index >= 15 is 0 Å². The first-order valence-electron chi connectivity index (χ1n) is 5.21. The van der Waals surface area contributed by atoms with Crippen LogP contribution in [0.1, 0.15) is 25.8 Å². The van der Waals surface area contributed by atoms with E-state index in [1.165, 1.54) is 11.1 Å². The fourth-order valence-corrected chi connectivity index (χ4v) is 1.56. The van der Waals surface area contributed by atoms with Crippen LogP contribution in [0.3, 0.4) is 0 Å². The van der Waals surface area contributed by atoms with Gasteiger partial charge in [0.2, 0.25) is 0 Å². The molecule has 0 aromatic heterocycles. The summed E-state index contributed by atoms with van der Waals surface area (Å²) in [5, 5.41) is 0. The maximum atomic E-state index is 5.51. The quantitative estimate of drug-likeness (QED) is 0.774. The molecule has 0 atom stereocenters. The van der Waals surface area contributed by atoms with Crippen molar-refractivity contribution < 1.29 is 0 Å². The Morgan fingerprint density at radius 3 is 2.43 bits per heavy atom. The summed E-state index contributed by atoms with van der Waals surface area (Å²) in [6.07, 6.45) is 3.21. The minimum atomic E-state index is 0.559. The van der Waals surface area contributed by atoms with Gasteiger partial charge in [-0.2, -0.15) is 0 Å². The van der Waals surface area contributed by atoms with Crippen LogP contribution < -0.4 is 5.73 Å². The summed E-state index contributed by atoms with van der Waals surface area (Å²) in [6, 6.07) is 10.5. The van der Waals surface area contributed by atoms with E-state index in [4.69, 9.17) is 5.73 Å². The molecule has 0 aliphatic carbocycles. The highest BCUT2D eigenvalue weighted by Crippen LogP contribution is 2.22. The van der Waals surface area contributed by atoms with Crippen molar-refractivity contribution in [1.82, 2.24) is 0 Å². The largest absolute Gasteiger partial charge is 0.330 e. The maximum absolute atomic E-state index is 5.51. The molecular formula is C13H19N. The summed E-state index contributed by atoms with van der Waals surface area (Å²) in [7, 11) is 0. The van der Waals surface area contributed by atoms with Gasteiger partial charge < -0.3 is 5.73 Å². The normalized spacial score (nSPS) is 12.1. The molecule has 0 unspecified atom stereocenters. The van der Waals surface area contributed by atoms with Gasteiger partial charge >= 0.3 is 0 Å². The first-order chi connectivity index (χ1) is 6.75. The topological polar surface area (TPSA) is 26.0 Å². The van der Waals surface area contributed by atoms with Crippen LogP contribution in [0, 0.1) is 5.92 Å². The SMILES string of the molecule is CC(C)C(=CCCN)c1ccccc1. The fourth-order valence-electron chi connectivity index (χ4n) is 1.56. The highest BCUT2D eigenvalue weighted by molar-refractivity contribution is 5.66. The van der Waals surface area contributed by atoms with Crippen molar-refractivity contribution in [3.05, 3.63) is 42.0 Å². The van der Waals surface area contributed by atoms with E-state index in [9.17, 15) is 0 Å². The smallest absolute Gasteiger partial charge is 0.00424 e. The molecule has 14 heavy (non-hydrogen) atoms. The Kier molecular flexibility index (Phi) is 4.41. The standard InChI is InChI=1S/C13H19N/c1-11(2)13(9-6-10-14)12-7-4-3-5-8-12/h3-5,7-9,11H,6,10,14H2,1-2H3. The van der Waals surface area contributed by atoms with E-state index in [0.717, 1.165) is 13.0 Å². The molecule has 0 heterocycles. The Bertz CT molecular complexity index is 285. The Morgan fingerprint density at radius 2 is 1.93 bits per heavy atom. The van der Waals surface area contributed by atoms with E-state index in [2.05, 4.69) is 44.2 Å². The van der Waals surface area contributed by atoms with Gasteiger partial charge in [-0.1, -0.05) is 50.3 Å². The van der Waals surface area contributed by atoms with Crippen LogP contribution >= 0.6 is 0 Å². The lowest BCUT2D eigenvalue weighted by atomic mass is 9.94. The summed E-state index contributed by atoms with van der Waals surface area (Å²) in [5.74, 6) is 0.559. The molecule has 76 valence electrons. The lowest BCUT2D eigenvalue weighted by molar-refractivity contribution is 0.847. The maximum Gasteiger partial charge on any atom is -0.00424 e. The van der Waals surface area contributed by atoms with Crippen molar-refractivity contribution in [2.24, 2.45) is 11.7 Å². The second kappa shape index (κ2) is 5.61. The van der Waals surface area contributed by atoms with Crippen molar-refractivity contribution in [3.63, 3.8) is 0 Å². The molecule has 1 heteroatoms. The molecule has 1 rings (SSSR count). The third-order valence-electron chi connectivity index (χ3n) is 2.26. The van der Waals surface area contributed by atoms with Gasteiger partial charge in [-0.05, 0) is 30.0 Å². The van der Waals surface area contributed by atoms with Crippen LogP contribution in [0.5, 0.6) is 0 Å². The molecule has 0 saturated heterocycles. The van der Waals surface area contributed by atoms with E-state index in [1.54, 1.807) is 0 Å². The molecule has 2 N–H and O–H groups in total. The van der Waals surface area contributed by atoms with Gasteiger partial charge in [-0.25, -0.2) is 0 Å². The van der Waals surface area contributed by atoms with Crippen LogP contribution in [0.15, 0.2) is 36.4 Å². The predicted molar refractivity (Wildman–Crippen MR) is 62.9 cm³/mol. The zero-order valence-corrected chi connectivity index (χ0v) is 9.03. The van der Waals surface area contributed by atoms with Gasteiger partial charge in [-0.15, -0.1) is 0 Å². The second-order valence-corrected chi connectivity index (χ2v) is 3.76. The van der Waals surface area contributed by atoms with E-state index in [1.807, 2.05) is 6.07 Å². The highest BCUT2D eigenvalue weighted by Gasteiger charge is 2.04. The zero-order chi connectivity index (χ0) is 10.4. The molecule has 0 aliphatic rings. The van der Waals surface area contributed by atoms with E-state index < -0.39 is 0 Å². The number of allylic oxidation sites excluding steroid dienone is 1. The van der Waals surface area contributed by atoms with Crippen LogP contribution in [-0.4, -0.2) is 6.54 Å². The van der Waals surface area contributed by atoms with Crippen LogP contribution in [0.2, 0.25) is 0 Å². The minimum Gasteiger partial charge on any atom is -0.330 e. The minimum absolute atomic E-state index is 0.559. The summed E-state index contributed by atoms with van der Waals surface area (Å²) < 4.78 is 0. The van der Waals surface area contributed by atoms with Crippen molar-refractivity contribution in [2.75, 3.05) is 6.54 Å². The van der Waals surface area contributed by atoms with Crippen molar-refractivity contribution in [1.29, 1.82) is 0 Å². The molecule has 0 fully saturated rings. The molecule has 0 spiro atoms. The summed E-state index contributed by atoms with van der Waals surface area (Å²) >= 11 is 0. The highest BCUT2D eigenvalue weighted by atomic mass is 14.5. The van der Waals surface area contributed by atoms with E-state index in [0.29, 0.717) is 5.92 Å². The summed E-state index contributed by atoms with van der Waals surface area (Å²) in [6.45, 7) is 5.16. The lowest BCUT2D eigenvalue weighted by Gasteiger charge is -2.11. The van der Waals surface area contributed by atoms with E-state index in [-0.39, 0.29) is 0 Å². The average molecular weight is 189 g/mol. The molecule has 1 aromatic carbocycles. The fraction of sp³-hybridized carbons (Fsp3) is 0.385. The van der Waals surface area contributed by atoms with Gasteiger partial charge in [-0.3, -0.25) is 0 Å². The number of benzene rings is 1. The third kappa shape index (κ3) is 3.00. The average Bonchev–Trinajstić information content (AvgIpc) is 2.19. The lowest BCUT2D eigenvalue weighted by Crippen LogP contribution is -1.99. The molecule has 1 nitrogen and oxygen atoms in total. The molecule has 0 saturated carbocycles. The van der Waals surface area contributed by atoms with Crippen molar-refractivity contribution in [3.8, 4) is 0 Å². The number of nitrogens with two attached hydrogens (primary N) is 1.